The van der Waals surface area contributed by atoms with E-state index in [1.165, 1.54) is 0 Å². The van der Waals surface area contributed by atoms with Gasteiger partial charge in [0.2, 0.25) is 5.91 Å². The molecule has 1 aromatic heterocycles. The molecule has 2 unspecified atom stereocenters. The minimum absolute atomic E-state index is 0.0104. The van der Waals surface area contributed by atoms with Gasteiger partial charge in [0.25, 0.3) is 5.91 Å². The van der Waals surface area contributed by atoms with E-state index in [1.54, 1.807) is 0 Å². The SMILES string of the molecule is CC(C)Cn1cc(C(=O)NC2CCCC(C(=O)NC(C)C)C2)c2ccccc21. The topological polar surface area (TPSA) is 63.1 Å². The van der Waals surface area contributed by atoms with Gasteiger partial charge in [-0.25, -0.2) is 0 Å². The molecule has 0 aliphatic heterocycles. The van der Waals surface area contributed by atoms with E-state index in [-0.39, 0.29) is 29.8 Å². The van der Waals surface area contributed by atoms with E-state index in [9.17, 15) is 9.59 Å². The van der Waals surface area contributed by atoms with Crippen molar-refractivity contribution >= 4 is 22.7 Å². The van der Waals surface area contributed by atoms with Crippen molar-refractivity contribution in [1.82, 2.24) is 15.2 Å². The molecule has 1 aliphatic carbocycles. The van der Waals surface area contributed by atoms with Crippen molar-refractivity contribution in [1.29, 1.82) is 0 Å². The summed E-state index contributed by atoms with van der Waals surface area (Å²) in [6, 6.07) is 8.28. The van der Waals surface area contributed by atoms with Gasteiger partial charge in [-0.2, -0.15) is 0 Å². The quantitative estimate of drug-likeness (QED) is 0.788. The van der Waals surface area contributed by atoms with Gasteiger partial charge >= 0.3 is 0 Å². The lowest BCUT2D eigenvalue weighted by Crippen LogP contribution is -2.43. The molecule has 3 rings (SSSR count). The van der Waals surface area contributed by atoms with Crippen molar-refractivity contribution < 1.29 is 9.59 Å². The zero-order valence-corrected chi connectivity index (χ0v) is 17.5. The Balaban J connectivity index is 1.73. The third-order valence-corrected chi connectivity index (χ3v) is 5.41. The maximum absolute atomic E-state index is 13.1. The van der Waals surface area contributed by atoms with E-state index in [0.717, 1.165) is 48.7 Å². The van der Waals surface area contributed by atoms with Crippen LogP contribution in [0.1, 0.15) is 63.7 Å². The summed E-state index contributed by atoms with van der Waals surface area (Å²) in [5, 5.41) is 7.20. The molecule has 0 bridgehead atoms. The molecule has 0 saturated heterocycles. The number of para-hydroxylation sites is 1. The zero-order valence-electron chi connectivity index (χ0n) is 17.5. The van der Waals surface area contributed by atoms with Crippen LogP contribution in [0, 0.1) is 11.8 Å². The van der Waals surface area contributed by atoms with Crippen molar-refractivity contribution in [3.63, 3.8) is 0 Å². The van der Waals surface area contributed by atoms with Gasteiger partial charge in [0.1, 0.15) is 0 Å². The fourth-order valence-electron chi connectivity index (χ4n) is 4.20. The van der Waals surface area contributed by atoms with Crippen molar-refractivity contribution in [2.45, 2.75) is 72.0 Å². The average Bonchev–Trinajstić information content (AvgIpc) is 3.00. The lowest BCUT2D eigenvalue weighted by molar-refractivity contribution is -0.126. The molecular formula is C23H33N3O2. The van der Waals surface area contributed by atoms with Crippen LogP contribution in [0.5, 0.6) is 0 Å². The van der Waals surface area contributed by atoms with E-state index in [4.69, 9.17) is 0 Å². The molecule has 0 radical (unpaired) electrons. The molecule has 2 N–H and O–H groups in total. The molecule has 1 saturated carbocycles. The van der Waals surface area contributed by atoms with E-state index in [1.807, 2.05) is 38.2 Å². The minimum atomic E-state index is -0.0337. The molecule has 2 atom stereocenters. The van der Waals surface area contributed by atoms with Gasteiger partial charge in [-0.15, -0.1) is 0 Å². The molecule has 1 heterocycles. The van der Waals surface area contributed by atoms with Gasteiger partial charge in [-0.1, -0.05) is 38.5 Å². The number of carbonyl (C=O) groups excluding carboxylic acids is 2. The molecule has 5 heteroatoms. The highest BCUT2D eigenvalue weighted by Gasteiger charge is 2.29. The maximum atomic E-state index is 13.1. The van der Waals surface area contributed by atoms with Crippen LogP contribution < -0.4 is 10.6 Å². The largest absolute Gasteiger partial charge is 0.354 e. The number of fused-ring (bicyclic) bond motifs is 1. The Bertz CT molecular complexity index is 837. The summed E-state index contributed by atoms with van der Waals surface area (Å²) in [6.07, 6.45) is 5.50. The van der Waals surface area contributed by atoms with Gasteiger partial charge in [-0.05, 0) is 45.1 Å². The zero-order chi connectivity index (χ0) is 20.3. The van der Waals surface area contributed by atoms with Crippen LogP contribution in [0.3, 0.4) is 0 Å². The normalized spacial score (nSPS) is 19.9. The van der Waals surface area contributed by atoms with Gasteiger partial charge in [0.05, 0.1) is 5.56 Å². The van der Waals surface area contributed by atoms with E-state index >= 15 is 0 Å². The summed E-state index contributed by atoms with van der Waals surface area (Å²) >= 11 is 0. The summed E-state index contributed by atoms with van der Waals surface area (Å²) < 4.78 is 2.18. The van der Waals surface area contributed by atoms with Crippen LogP contribution in [-0.2, 0) is 11.3 Å². The molecule has 1 aromatic carbocycles. The summed E-state index contributed by atoms with van der Waals surface area (Å²) in [5.74, 6) is 0.574. The number of aromatic nitrogens is 1. The lowest BCUT2D eigenvalue weighted by Gasteiger charge is -2.29. The summed E-state index contributed by atoms with van der Waals surface area (Å²) in [5.41, 5.74) is 1.82. The smallest absolute Gasteiger partial charge is 0.253 e. The Hall–Kier alpha value is -2.30. The molecule has 2 aromatic rings. The Labute approximate surface area is 167 Å². The second kappa shape index (κ2) is 8.80. The number of nitrogens with zero attached hydrogens (tertiary/aromatic N) is 1. The van der Waals surface area contributed by atoms with Gasteiger partial charge in [0.15, 0.2) is 0 Å². The predicted octanol–water partition coefficient (Wildman–Crippen LogP) is 4.11. The standard InChI is InChI=1S/C23H33N3O2/c1-15(2)13-26-14-20(19-10-5-6-11-21(19)26)23(28)25-18-9-7-8-17(12-18)22(27)24-16(3)4/h5-6,10-11,14-18H,7-9,12-13H2,1-4H3,(H,24,27)(H,25,28). The number of amides is 2. The molecule has 28 heavy (non-hydrogen) atoms. The third kappa shape index (κ3) is 4.75. The van der Waals surface area contributed by atoms with Gasteiger partial charge < -0.3 is 15.2 Å². The minimum Gasteiger partial charge on any atom is -0.354 e. The first-order valence-electron chi connectivity index (χ1n) is 10.5. The van der Waals surface area contributed by atoms with Crippen molar-refractivity contribution in [2.75, 3.05) is 0 Å². The Morgan fingerprint density at radius 3 is 2.61 bits per heavy atom. The maximum Gasteiger partial charge on any atom is 0.253 e. The van der Waals surface area contributed by atoms with Crippen LogP contribution in [0.25, 0.3) is 10.9 Å². The van der Waals surface area contributed by atoms with E-state index < -0.39 is 0 Å². The Morgan fingerprint density at radius 2 is 1.89 bits per heavy atom. The monoisotopic (exact) mass is 383 g/mol. The first kappa shape index (κ1) is 20.4. The number of rotatable bonds is 6. The summed E-state index contributed by atoms with van der Waals surface area (Å²) in [7, 11) is 0. The number of hydrogen-bond acceptors (Lipinski definition) is 2. The summed E-state index contributed by atoms with van der Waals surface area (Å²) in [6.45, 7) is 9.20. The van der Waals surface area contributed by atoms with Gasteiger partial charge in [0, 0.05) is 41.6 Å². The predicted molar refractivity (Wildman–Crippen MR) is 113 cm³/mol. The van der Waals surface area contributed by atoms with Crippen molar-refractivity contribution in [3.8, 4) is 0 Å². The first-order chi connectivity index (χ1) is 13.3. The number of carbonyl (C=O) groups is 2. The van der Waals surface area contributed by atoms with Crippen LogP contribution in [0.2, 0.25) is 0 Å². The highest BCUT2D eigenvalue weighted by molar-refractivity contribution is 6.07. The first-order valence-corrected chi connectivity index (χ1v) is 10.5. The molecule has 1 aliphatic rings. The number of hydrogen-bond donors (Lipinski definition) is 2. The number of benzene rings is 1. The second-order valence-electron chi connectivity index (χ2n) is 8.80. The van der Waals surface area contributed by atoms with Crippen molar-refractivity contribution in [2.24, 2.45) is 11.8 Å². The highest BCUT2D eigenvalue weighted by atomic mass is 16.2. The average molecular weight is 384 g/mol. The van der Waals surface area contributed by atoms with Crippen LogP contribution in [-0.4, -0.2) is 28.5 Å². The van der Waals surface area contributed by atoms with E-state index in [0.29, 0.717) is 5.92 Å². The van der Waals surface area contributed by atoms with Crippen LogP contribution >= 0.6 is 0 Å². The van der Waals surface area contributed by atoms with Crippen LogP contribution in [0.4, 0.5) is 0 Å². The fraction of sp³-hybridized carbons (Fsp3) is 0.565. The van der Waals surface area contributed by atoms with Gasteiger partial charge in [-0.3, -0.25) is 9.59 Å². The highest BCUT2D eigenvalue weighted by Crippen LogP contribution is 2.26. The second-order valence-corrected chi connectivity index (χ2v) is 8.80. The van der Waals surface area contributed by atoms with E-state index in [2.05, 4.69) is 35.1 Å². The molecule has 0 spiro atoms. The molecule has 1 fully saturated rings. The number of nitrogens with one attached hydrogen (secondary N) is 2. The Kier molecular flexibility index (Phi) is 6.42. The third-order valence-electron chi connectivity index (χ3n) is 5.41. The molecule has 2 amide bonds. The lowest BCUT2D eigenvalue weighted by atomic mass is 9.85. The fourth-order valence-corrected chi connectivity index (χ4v) is 4.20. The van der Waals surface area contributed by atoms with Crippen LogP contribution in [0.15, 0.2) is 30.5 Å². The molecule has 5 nitrogen and oxygen atoms in total. The molecular weight excluding hydrogens is 350 g/mol. The van der Waals surface area contributed by atoms with Crippen molar-refractivity contribution in [3.05, 3.63) is 36.0 Å². The Morgan fingerprint density at radius 1 is 1.14 bits per heavy atom. The molecule has 152 valence electrons. The summed E-state index contributed by atoms with van der Waals surface area (Å²) in [4.78, 5) is 25.4.